The Labute approximate surface area is 139 Å². The number of anilines is 1. The van der Waals surface area contributed by atoms with E-state index in [1.165, 1.54) is 6.33 Å². The molecule has 0 radical (unpaired) electrons. The summed E-state index contributed by atoms with van der Waals surface area (Å²) < 4.78 is 1.69. The zero-order valence-electron chi connectivity index (χ0n) is 13.5. The van der Waals surface area contributed by atoms with Crippen molar-refractivity contribution < 1.29 is 4.79 Å². The van der Waals surface area contributed by atoms with Crippen LogP contribution < -0.4 is 5.32 Å². The Bertz CT molecular complexity index is 700. The maximum Gasteiger partial charge on any atom is 0.321 e. The molecule has 0 spiro atoms. The summed E-state index contributed by atoms with van der Waals surface area (Å²) in [5.74, 6) is 0.962. The monoisotopic (exact) mass is 332 g/mol. The van der Waals surface area contributed by atoms with Crippen molar-refractivity contribution in [3.8, 4) is 5.69 Å². The summed E-state index contributed by atoms with van der Waals surface area (Å²) in [5.41, 5.74) is 2.62. The van der Waals surface area contributed by atoms with Crippen LogP contribution in [0.25, 0.3) is 5.69 Å². The number of rotatable bonds is 2. The van der Waals surface area contributed by atoms with Gasteiger partial charge in [-0.3, -0.25) is 0 Å². The first-order valence-corrected chi connectivity index (χ1v) is 8.47. The van der Waals surface area contributed by atoms with Crippen molar-refractivity contribution in [2.24, 2.45) is 0 Å². The number of aromatic nitrogens is 4. The lowest BCUT2D eigenvalue weighted by atomic mass is 10.1. The van der Waals surface area contributed by atoms with Crippen LogP contribution >= 0.6 is 11.8 Å². The van der Waals surface area contributed by atoms with Crippen LogP contribution in [-0.4, -0.2) is 54.7 Å². The van der Waals surface area contributed by atoms with E-state index in [2.05, 4.69) is 34.7 Å². The number of hydrogen-bond donors (Lipinski definition) is 1. The van der Waals surface area contributed by atoms with E-state index >= 15 is 0 Å². The molecule has 2 heterocycles. The van der Waals surface area contributed by atoms with Crippen LogP contribution in [-0.2, 0) is 0 Å². The molecule has 1 aliphatic rings. The smallest absolute Gasteiger partial charge is 0.321 e. The number of thioether (sulfide) groups is 1. The van der Waals surface area contributed by atoms with Crippen LogP contribution in [0.5, 0.6) is 0 Å². The van der Waals surface area contributed by atoms with Crippen molar-refractivity contribution in [2.45, 2.75) is 25.5 Å². The third-order valence-corrected chi connectivity index (χ3v) is 5.07. The van der Waals surface area contributed by atoms with E-state index in [-0.39, 0.29) is 10.8 Å². The Morgan fingerprint density at radius 3 is 2.91 bits per heavy atom. The maximum atomic E-state index is 12.5. The van der Waals surface area contributed by atoms with Crippen LogP contribution in [0.4, 0.5) is 10.5 Å². The second-order valence-electron chi connectivity index (χ2n) is 6.22. The van der Waals surface area contributed by atoms with Crippen molar-refractivity contribution in [3.63, 3.8) is 0 Å². The molecule has 7 nitrogen and oxygen atoms in total. The minimum absolute atomic E-state index is 0.0649. The second kappa shape index (κ2) is 6.19. The summed E-state index contributed by atoms with van der Waals surface area (Å²) in [7, 11) is 0. The van der Waals surface area contributed by atoms with Gasteiger partial charge in [0, 0.05) is 29.3 Å². The molecule has 1 saturated heterocycles. The molecule has 0 saturated carbocycles. The summed E-state index contributed by atoms with van der Waals surface area (Å²) in [6, 6.07) is 5.66. The number of amides is 2. The average molecular weight is 332 g/mol. The molecule has 1 aromatic carbocycles. The molecule has 0 aliphatic carbocycles. The first-order chi connectivity index (χ1) is 10.9. The molecular formula is C15H20N6OS. The molecule has 1 aromatic heterocycles. The molecule has 1 fully saturated rings. The van der Waals surface area contributed by atoms with Gasteiger partial charge < -0.3 is 10.2 Å². The molecular weight excluding hydrogens is 312 g/mol. The molecule has 122 valence electrons. The number of benzene rings is 1. The third-order valence-electron chi connectivity index (χ3n) is 3.77. The fourth-order valence-electron chi connectivity index (χ4n) is 2.60. The lowest BCUT2D eigenvalue weighted by Crippen LogP contribution is -2.47. The second-order valence-corrected chi connectivity index (χ2v) is 8.02. The number of nitrogens with one attached hydrogen (secondary N) is 1. The van der Waals surface area contributed by atoms with E-state index < -0.39 is 0 Å². The largest absolute Gasteiger partial charge is 0.322 e. The molecule has 2 amide bonds. The van der Waals surface area contributed by atoms with Gasteiger partial charge in [0.1, 0.15) is 6.33 Å². The summed E-state index contributed by atoms with van der Waals surface area (Å²) in [4.78, 5) is 14.4. The Balaban J connectivity index is 1.75. The van der Waals surface area contributed by atoms with E-state index in [1.54, 1.807) is 4.68 Å². The first kappa shape index (κ1) is 15.8. The average Bonchev–Trinajstić information content (AvgIpc) is 3.02. The van der Waals surface area contributed by atoms with Crippen molar-refractivity contribution in [2.75, 3.05) is 24.2 Å². The Morgan fingerprint density at radius 1 is 1.39 bits per heavy atom. The normalized spacial score (nSPS) is 17.1. The molecule has 23 heavy (non-hydrogen) atoms. The minimum atomic E-state index is -0.0649. The number of carbonyl (C=O) groups is 1. The van der Waals surface area contributed by atoms with E-state index in [9.17, 15) is 4.79 Å². The van der Waals surface area contributed by atoms with E-state index in [1.807, 2.05) is 41.8 Å². The fourth-order valence-corrected chi connectivity index (χ4v) is 3.71. The van der Waals surface area contributed by atoms with Gasteiger partial charge in [-0.2, -0.15) is 11.8 Å². The van der Waals surface area contributed by atoms with Gasteiger partial charge in [-0.1, -0.05) is 6.07 Å². The highest BCUT2D eigenvalue weighted by Gasteiger charge is 2.29. The van der Waals surface area contributed by atoms with Crippen LogP contribution in [0.2, 0.25) is 0 Å². The van der Waals surface area contributed by atoms with Crippen molar-refractivity contribution in [1.82, 2.24) is 25.1 Å². The highest BCUT2D eigenvalue weighted by Crippen LogP contribution is 2.29. The predicted molar refractivity (Wildman–Crippen MR) is 91.0 cm³/mol. The Kier molecular flexibility index (Phi) is 4.25. The van der Waals surface area contributed by atoms with Crippen molar-refractivity contribution in [3.05, 3.63) is 30.1 Å². The number of nitrogens with zero attached hydrogens (tertiary/aromatic N) is 5. The van der Waals surface area contributed by atoms with Crippen LogP contribution in [0.1, 0.15) is 19.4 Å². The van der Waals surface area contributed by atoms with Crippen LogP contribution in [0.3, 0.4) is 0 Å². The molecule has 8 heteroatoms. The SMILES string of the molecule is Cc1ccc(NC(=O)N2CCSC(C)(C)C2)cc1-n1cnnn1. The lowest BCUT2D eigenvalue weighted by Gasteiger charge is -2.37. The van der Waals surface area contributed by atoms with Gasteiger partial charge in [0.15, 0.2) is 0 Å². The third kappa shape index (κ3) is 3.64. The standard InChI is InChI=1S/C15H20N6OS/c1-11-4-5-12(8-13(11)21-10-16-18-19-21)17-14(22)20-6-7-23-15(2,3)9-20/h4-5,8,10H,6-7,9H2,1-3H3,(H,17,22). The topological polar surface area (TPSA) is 75.9 Å². The van der Waals surface area contributed by atoms with Gasteiger partial charge in [-0.25, -0.2) is 9.48 Å². The number of urea groups is 1. The fraction of sp³-hybridized carbons (Fsp3) is 0.467. The van der Waals surface area contributed by atoms with Crippen LogP contribution in [0.15, 0.2) is 24.5 Å². The highest BCUT2D eigenvalue weighted by molar-refractivity contribution is 8.00. The summed E-state index contributed by atoms with van der Waals surface area (Å²) in [5, 5.41) is 14.2. The van der Waals surface area contributed by atoms with Crippen molar-refractivity contribution >= 4 is 23.5 Å². The summed E-state index contributed by atoms with van der Waals surface area (Å²) >= 11 is 1.90. The van der Waals surface area contributed by atoms with E-state index in [0.717, 1.165) is 35.8 Å². The zero-order chi connectivity index (χ0) is 16.4. The van der Waals surface area contributed by atoms with Gasteiger partial charge in [-0.15, -0.1) is 5.10 Å². The Morgan fingerprint density at radius 2 is 2.22 bits per heavy atom. The predicted octanol–water partition coefficient (Wildman–Crippen LogP) is 2.33. The lowest BCUT2D eigenvalue weighted by molar-refractivity contribution is 0.208. The van der Waals surface area contributed by atoms with Gasteiger partial charge in [0.2, 0.25) is 0 Å². The molecule has 0 unspecified atom stereocenters. The van der Waals surface area contributed by atoms with E-state index in [0.29, 0.717) is 0 Å². The van der Waals surface area contributed by atoms with Crippen molar-refractivity contribution in [1.29, 1.82) is 0 Å². The molecule has 1 N–H and O–H groups in total. The first-order valence-electron chi connectivity index (χ1n) is 7.48. The molecule has 0 bridgehead atoms. The summed E-state index contributed by atoms with van der Waals surface area (Å²) in [6.07, 6.45) is 1.54. The number of hydrogen-bond acceptors (Lipinski definition) is 5. The molecule has 0 atom stereocenters. The highest BCUT2D eigenvalue weighted by atomic mass is 32.2. The number of aryl methyl sites for hydroxylation is 1. The maximum absolute atomic E-state index is 12.5. The number of tetrazole rings is 1. The van der Waals surface area contributed by atoms with Gasteiger partial charge in [-0.05, 0) is 48.9 Å². The van der Waals surface area contributed by atoms with Gasteiger partial charge >= 0.3 is 6.03 Å². The van der Waals surface area contributed by atoms with Gasteiger partial charge in [0.25, 0.3) is 0 Å². The van der Waals surface area contributed by atoms with Gasteiger partial charge in [0.05, 0.1) is 5.69 Å². The van der Waals surface area contributed by atoms with Crippen LogP contribution in [0, 0.1) is 6.92 Å². The molecule has 3 rings (SSSR count). The quantitative estimate of drug-likeness (QED) is 0.913. The Hall–Kier alpha value is -2.09. The zero-order valence-corrected chi connectivity index (χ0v) is 14.3. The minimum Gasteiger partial charge on any atom is -0.322 e. The number of carbonyl (C=O) groups excluding carboxylic acids is 1. The summed E-state index contributed by atoms with van der Waals surface area (Å²) in [6.45, 7) is 7.82. The molecule has 1 aliphatic heterocycles. The molecule has 2 aromatic rings. The van der Waals surface area contributed by atoms with E-state index in [4.69, 9.17) is 0 Å².